The van der Waals surface area contributed by atoms with Crippen molar-refractivity contribution >= 4 is 17.6 Å². The third-order valence-electron chi connectivity index (χ3n) is 3.56. The van der Waals surface area contributed by atoms with Gasteiger partial charge in [0.1, 0.15) is 5.82 Å². The first-order valence-electron chi connectivity index (χ1n) is 7.17. The third kappa shape index (κ3) is 3.86. The van der Waals surface area contributed by atoms with Gasteiger partial charge in [-0.25, -0.2) is 4.98 Å². The maximum atomic E-state index is 5.85. The summed E-state index contributed by atoms with van der Waals surface area (Å²) in [4.78, 5) is 7.12. The Kier molecular flexibility index (Phi) is 5.11. The predicted molar refractivity (Wildman–Crippen MR) is 85.1 cm³/mol. The molecule has 2 heterocycles. The molecule has 2 atom stereocenters. The summed E-state index contributed by atoms with van der Waals surface area (Å²) in [5.41, 5.74) is 8.37. The van der Waals surface area contributed by atoms with Crippen LogP contribution in [0.4, 0.5) is 5.82 Å². The van der Waals surface area contributed by atoms with Crippen LogP contribution in [-0.2, 0) is 6.42 Å². The normalized spacial score (nSPS) is 21.5. The lowest BCUT2D eigenvalue weighted by Crippen LogP contribution is -2.38. The number of aromatic nitrogens is 1. The number of nitrogens with two attached hydrogens (primary N) is 1. The van der Waals surface area contributed by atoms with Crippen LogP contribution in [0.5, 0.6) is 0 Å². The van der Waals surface area contributed by atoms with Gasteiger partial charge in [0.05, 0.1) is 0 Å². The maximum Gasteiger partial charge on any atom is 0.131 e. The van der Waals surface area contributed by atoms with E-state index in [0.717, 1.165) is 30.6 Å². The van der Waals surface area contributed by atoms with Gasteiger partial charge >= 0.3 is 0 Å². The number of anilines is 1. The summed E-state index contributed by atoms with van der Waals surface area (Å²) in [5.74, 6) is 2.37. The summed E-state index contributed by atoms with van der Waals surface area (Å²) in [5, 5.41) is 0.749. The lowest BCUT2D eigenvalue weighted by molar-refractivity contribution is 0.712. The van der Waals surface area contributed by atoms with Crippen molar-refractivity contribution in [2.45, 2.75) is 44.9 Å². The molecule has 0 radical (unpaired) electrons. The lowest BCUT2D eigenvalue weighted by atomic mass is 10.1. The van der Waals surface area contributed by atoms with Gasteiger partial charge in [-0.15, -0.1) is 0 Å². The molecular formula is C15H25N3S. The van der Waals surface area contributed by atoms with Crippen LogP contribution in [0.2, 0.25) is 0 Å². The van der Waals surface area contributed by atoms with Crippen LogP contribution in [0.25, 0.3) is 0 Å². The van der Waals surface area contributed by atoms with Crippen LogP contribution >= 0.6 is 11.8 Å². The van der Waals surface area contributed by atoms with Crippen LogP contribution in [-0.4, -0.2) is 35.1 Å². The zero-order valence-electron chi connectivity index (χ0n) is 12.2. The quantitative estimate of drug-likeness (QED) is 0.920. The highest BCUT2D eigenvalue weighted by molar-refractivity contribution is 8.00. The number of nitrogens with zero attached hydrogens (tertiary/aromatic N) is 2. The summed E-state index contributed by atoms with van der Waals surface area (Å²) >= 11 is 2.09. The number of thioether (sulfide) groups is 1. The number of hydrogen-bond acceptors (Lipinski definition) is 4. The highest BCUT2D eigenvalue weighted by Gasteiger charge is 2.21. The Labute approximate surface area is 121 Å². The molecule has 0 saturated carbocycles. The average molecular weight is 279 g/mol. The Bertz CT molecular complexity index is 420. The maximum absolute atomic E-state index is 5.85. The SMILES string of the molecule is CCC1CN(c2ncc(CC(C)N)cc2C)CCS1. The van der Waals surface area contributed by atoms with Gasteiger partial charge in [-0.05, 0) is 37.8 Å². The summed E-state index contributed by atoms with van der Waals surface area (Å²) in [6.07, 6.45) is 4.14. The summed E-state index contributed by atoms with van der Waals surface area (Å²) in [6, 6.07) is 2.44. The van der Waals surface area contributed by atoms with Crippen molar-refractivity contribution in [1.82, 2.24) is 4.98 Å². The van der Waals surface area contributed by atoms with Gasteiger partial charge in [-0.2, -0.15) is 11.8 Å². The van der Waals surface area contributed by atoms with Gasteiger partial charge in [0.2, 0.25) is 0 Å². The molecule has 3 nitrogen and oxygen atoms in total. The molecule has 0 aliphatic carbocycles. The molecule has 0 aromatic carbocycles. The smallest absolute Gasteiger partial charge is 0.131 e. The second-order valence-corrected chi connectivity index (χ2v) is 6.92. The molecule has 106 valence electrons. The molecule has 1 aromatic rings. The first kappa shape index (κ1) is 14.7. The molecule has 0 amide bonds. The number of rotatable bonds is 4. The fourth-order valence-corrected chi connectivity index (χ4v) is 3.78. The summed E-state index contributed by atoms with van der Waals surface area (Å²) in [7, 11) is 0. The predicted octanol–water partition coefficient (Wildman–Crippen LogP) is 2.61. The zero-order valence-corrected chi connectivity index (χ0v) is 13.0. The molecule has 2 N–H and O–H groups in total. The highest BCUT2D eigenvalue weighted by atomic mass is 32.2. The molecular weight excluding hydrogens is 254 g/mol. The van der Waals surface area contributed by atoms with E-state index in [1.165, 1.54) is 23.3 Å². The van der Waals surface area contributed by atoms with Crippen LogP contribution in [0, 0.1) is 6.92 Å². The van der Waals surface area contributed by atoms with E-state index >= 15 is 0 Å². The van der Waals surface area contributed by atoms with Crippen LogP contribution in [0.15, 0.2) is 12.3 Å². The van der Waals surface area contributed by atoms with Crippen molar-refractivity contribution in [1.29, 1.82) is 0 Å². The van der Waals surface area contributed by atoms with E-state index in [-0.39, 0.29) is 6.04 Å². The summed E-state index contributed by atoms with van der Waals surface area (Å²) in [6.45, 7) is 8.71. The van der Waals surface area contributed by atoms with E-state index in [4.69, 9.17) is 5.73 Å². The lowest BCUT2D eigenvalue weighted by Gasteiger charge is -2.33. The molecule has 1 aromatic heterocycles. The van der Waals surface area contributed by atoms with E-state index in [2.05, 4.69) is 41.6 Å². The van der Waals surface area contributed by atoms with Crippen LogP contribution in [0.3, 0.4) is 0 Å². The second kappa shape index (κ2) is 6.62. The van der Waals surface area contributed by atoms with E-state index in [1.54, 1.807) is 0 Å². The molecule has 2 rings (SSSR count). The van der Waals surface area contributed by atoms with E-state index in [0.29, 0.717) is 0 Å². The largest absolute Gasteiger partial charge is 0.354 e. The molecule has 1 fully saturated rings. The Morgan fingerprint density at radius 2 is 2.37 bits per heavy atom. The van der Waals surface area contributed by atoms with Gasteiger partial charge in [0.25, 0.3) is 0 Å². The number of hydrogen-bond donors (Lipinski definition) is 1. The standard InChI is InChI=1S/C15H25N3S/c1-4-14-10-18(5-6-19-14)15-11(2)7-13(9-17-15)8-12(3)16/h7,9,12,14H,4-6,8,10,16H2,1-3H3. The number of pyridine rings is 1. The molecule has 0 spiro atoms. The monoisotopic (exact) mass is 279 g/mol. The number of aryl methyl sites for hydroxylation is 1. The molecule has 2 unspecified atom stereocenters. The summed E-state index contributed by atoms with van der Waals surface area (Å²) < 4.78 is 0. The van der Waals surface area contributed by atoms with Crippen LogP contribution in [0.1, 0.15) is 31.4 Å². The Balaban J connectivity index is 2.11. The molecule has 0 bridgehead atoms. The second-order valence-electron chi connectivity index (χ2n) is 5.51. The highest BCUT2D eigenvalue weighted by Crippen LogP contribution is 2.26. The molecule has 1 aliphatic rings. The topological polar surface area (TPSA) is 42.2 Å². The minimum Gasteiger partial charge on any atom is -0.354 e. The van der Waals surface area contributed by atoms with Crippen molar-refractivity contribution in [3.8, 4) is 0 Å². The Morgan fingerprint density at radius 3 is 3.00 bits per heavy atom. The van der Waals surface area contributed by atoms with Crippen molar-refractivity contribution in [3.63, 3.8) is 0 Å². The van der Waals surface area contributed by atoms with Crippen molar-refractivity contribution < 1.29 is 0 Å². The first-order chi connectivity index (χ1) is 9.10. The molecule has 4 heteroatoms. The van der Waals surface area contributed by atoms with Gasteiger partial charge in [0, 0.05) is 36.3 Å². The van der Waals surface area contributed by atoms with E-state index < -0.39 is 0 Å². The first-order valence-corrected chi connectivity index (χ1v) is 8.22. The Morgan fingerprint density at radius 1 is 1.58 bits per heavy atom. The van der Waals surface area contributed by atoms with E-state index in [9.17, 15) is 0 Å². The van der Waals surface area contributed by atoms with Gasteiger partial charge in [-0.1, -0.05) is 13.0 Å². The third-order valence-corrected chi connectivity index (χ3v) is 4.93. The average Bonchev–Trinajstić information content (AvgIpc) is 2.38. The minimum atomic E-state index is 0.197. The van der Waals surface area contributed by atoms with Gasteiger partial charge in [-0.3, -0.25) is 0 Å². The van der Waals surface area contributed by atoms with Crippen molar-refractivity contribution in [3.05, 3.63) is 23.4 Å². The zero-order chi connectivity index (χ0) is 13.8. The van der Waals surface area contributed by atoms with Crippen molar-refractivity contribution in [2.24, 2.45) is 5.73 Å². The van der Waals surface area contributed by atoms with Gasteiger partial charge < -0.3 is 10.6 Å². The fraction of sp³-hybridized carbons (Fsp3) is 0.667. The van der Waals surface area contributed by atoms with Crippen molar-refractivity contribution in [2.75, 3.05) is 23.7 Å². The minimum absolute atomic E-state index is 0.197. The van der Waals surface area contributed by atoms with Crippen LogP contribution < -0.4 is 10.6 Å². The fourth-order valence-electron chi connectivity index (χ4n) is 2.60. The molecule has 1 saturated heterocycles. The molecule has 1 aliphatic heterocycles. The van der Waals surface area contributed by atoms with E-state index in [1.807, 2.05) is 13.1 Å². The molecule has 19 heavy (non-hydrogen) atoms. The Hall–Kier alpha value is -0.740. The van der Waals surface area contributed by atoms with Gasteiger partial charge in [0.15, 0.2) is 0 Å².